The molecule has 0 radical (unpaired) electrons. The Morgan fingerprint density at radius 3 is 1.78 bits per heavy atom. The summed E-state index contributed by atoms with van der Waals surface area (Å²) in [6.45, 7) is 2.64. The Kier molecular flexibility index (Phi) is 13.3. The smallest absolute Gasteiger partial charge is 0.295 e. The lowest BCUT2D eigenvalue weighted by molar-refractivity contribution is -0.384. The lowest BCUT2D eigenvalue weighted by Crippen LogP contribution is -2.30. The summed E-state index contributed by atoms with van der Waals surface area (Å²) >= 11 is 6.09. The van der Waals surface area contributed by atoms with Crippen molar-refractivity contribution in [3.05, 3.63) is 80.4 Å². The van der Waals surface area contributed by atoms with Gasteiger partial charge in [0.1, 0.15) is 5.76 Å². The molecule has 1 N–H and O–H groups in total. The molecule has 8 heteroatoms. The molecular formula is C33H43ClN2O5. The minimum atomic E-state index is -0.760. The molecule has 0 spiro atoms. The van der Waals surface area contributed by atoms with Gasteiger partial charge in [-0.05, 0) is 36.2 Å². The number of amides is 1. The molecule has 1 atom stereocenters. The van der Waals surface area contributed by atoms with Gasteiger partial charge in [0.05, 0.1) is 16.5 Å². The predicted molar refractivity (Wildman–Crippen MR) is 164 cm³/mol. The standard InChI is InChI=1S/C33H43ClN2O5/c1-2-3-4-5-6-7-8-9-10-11-12-13-14-15-24-35-30(25-16-20-27(34)21-17-25)29(32(38)33(35)39)31(37)26-18-22-28(23-19-26)36(40)41/h16-23,30,37H,2-15,24H2,1H3/t30-/m0/s1. The van der Waals surface area contributed by atoms with Gasteiger partial charge in [-0.1, -0.05) is 114 Å². The molecule has 0 bridgehead atoms. The second kappa shape index (κ2) is 16.9. The molecule has 41 heavy (non-hydrogen) atoms. The Morgan fingerprint density at radius 2 is 1.29 bits per heavy atom. The fourth-order valence-electron chi connectivity index (χ4n) is 5.48. The zero-order chi connectivity index (χ0) is 29.6. The number of carbonyl (C=O) groups excluding carboxylic acids is 2. The fraction of sp³-hybridized carbons (Fsp3) is 0.515. The van der Waals surface area contributed by atoms with E-state index in [4.69, 9.17) is 11.6 Å². The first kappa shape index (κ1) is 32.3. The van der Waals surface area contributed by atoms with Crippen molar-refractivity contribution in [1.29, 1.82) is 0 Å². The molecular weight excluding hydrogens is 540 g/mol. The quantitative estimate of drug-likeness (QED) is 0.0471. The van der Waals surface area contributed by atoms with Crippen LogP contribution in [0.5, 0.6) is 0 Å². The second-order valence-corrected chi connectivity index (χ2v) is 11.4. The van der Waals surface area contributed by atoms with Gasteiger partial charge >= 0.3 is 0 Å². The first-order chi connectivity index (χ1) is 19.8. The van der Waals surface area contributed by atoms with E-state index < -0.39 is 22.7 Å². The molecule has 0 aromatic heterocycles. The summed E-state index contributed by atoms with van der Waals surface area (Å²) in [4.78, 5) is 38.3. The van der Waals surface area contributed by atoms with Crippen molar-refractivity contribution < 1.29 is 19.6 Å². The molecule has 1 amide bonds. The van der Waals surface area contributed by atoms with Crippen LogP contribution in [0.15, 0.2) is 54.1 Å². The number of hydrogen-bond acceptors (Lipinski definition) is 5. The van der Waals surface area contributed by atoms with E-state index in [0.717, 1.165) is 25.7 Å². The first-order valence-corrected chi connectivity index (χ1v) is 15.5. The van der Waals surface area contributed by atoms with Crippen molar-refractivity contribution in [3.63, 3.8) is 0 Å². The molecule has 1 heterocycles. The summed E-state index contributed by atoms with van der Waals surface area (Å²) in [5.41, 5.74) is 0.761. The van der Waals surface area contributed by atoms with Crippen LogP contribution in [0.4, 0.5) is 5.69 Å². The van der Waals surface area contributed by atoms with E-state index in [0.29, 0.717) is 17.1 Å². The number of halogens is 1. The molecule has 1 saturated heterocycles. The second-order valence-electron chi connectivity index (χ2n) is 10.9. The van der Waals surface area contributed by atoms with Gasteiger partial charge < -0.3 is 10.0 Å². The first-order valence-electron chi connectivity index (χ1n) is 15.1. The van der Waals surface area contributed by atoms with Gasteiger partial charge in [-0.15, -0.1) is 0 Å². The number of non-ortho nitro benzene ring substituents is 1. The van der Waals surface area contributed by atoms with E-state index >= 15 is 0 Å². The van der Waals surface area contributed by atoms with E-state index in [1.807, 2.05) is 0 Å². The number of aliphatic hydroxyl groups is 1. The van der Waals surface area contributed by atoms with E-state index in [2.05, 4.69) is 6.92 Å². The molecule has 0 saturated carbocycles. The number of Topliss-reactive ketones (excluding diaryl/α,β-unsaturated/α-hetero) is 1. The van der Waals surface area contributed by atoms with Crippen LogP contribution in [0.1, 0.15) is 114 Å². The van der Waals surface area contributed by atoms with Crippen molar-refractivity contribution in [3.8, 4) is 0 Å². The third-order valence-electron chi connectivity index (χ3n) is 7.83. The number of nitro groups is 1. The number of carbonyl (C=O) groups is 2. The third-order valence-corrected chi connectivity index (χ3v) is 8.08. The number of rotatable bonds is 18. The number of unbranched alkanes of at least 4 members (excludes halogenated alkanes) is 13. The van der Waals surface area contributed by atoms with Crippen molar-refractivity contribution in [2.75, 3.05) is 6.54 Å². The lowest BCUT2D eigenvalue weighted by atomic mass is 9.95. The summed E-state index contributed by atoms with van der Waals surface area (Å²) in [5, 5.41) is 22.7. The highest BCUT2D eigenvalue weighted by atomic mass is 35.5. The lowest BCUT2D eigenvalue weighted by Gasteiger charge is -2.25. The monoisotopic (exact) mass is 582 g/mol. The summed E-state index contributed by atoms with van der Waals surface area (Å²) in [6, 6.07) is 11.4. The van der Waals surface area contributed by atoms with Gasteiger partial charge in [0, 0.05) is 29.3 Å². The number of benzene rings is 2. The highest BCUT2D eigenvalue weighted by Gasteiger charge is 2.45. The maximum atomic E-state index is 13.2. The minimum absolute atomic E-state index is 0.0171. The van der Waals surface area contributed by atoms with Crippen LogP contribution < -0.4 is 0 Å². The summed E-state index contributed by atoms with van der Waals surface area (Å²) in [7, 11) is 0. The summed E-state index contributed by atoms with van der Waals surface area (Å²) < 4.78 is 0. The molecule has 3 rings (SSSR count). The van der Waals surface area contributed by atoms with Crippen LogP contribution in [-0.4, -0.2) is 33.2 Å². The Bertz CT molecular complexity index is 1180. The van der Waals surface area contributed by atoms with Crippen LogP contribution in [0, 0.1) is 10.1 Å². The molecule has 1 aliphatic heterocycles. The van der Waals surface area contributed by atoms with Gasteiger partial charge in [0.2, 0.25) is 0 Å². The number of aliphatic hydroxyl groups excluding tert-OH is 1. The number of nitro benzene ring substituents is 1. The van der Waals surface area contributed by atoms with Gasteiger partial charge in [-0.25, -0.2) is 0 Å². The van der Waals surface area contributed by atoms with Crippen molar-refractivity contribution >= 4 is 34.7 Å². The van der Waals surface area contributed by atoms with Crippen molar-refractivity contribution in [1.82, 2.24) is 4.90 Å². The van der Waals surface area contributed by atoms with Crippen LogP contribution in [0.3, 0.4) is 0 Å². The maximum Gasteiger partial charge on any atom is 0.295 e. The minimum Gasteiger partial charge on any atom is -0.507 e. The van der Waals surface area contributed by atoms with E-state index in [9.17, 15) is 24.8 Å². The molecule has 2 aromatic rings. The van der Waals surface area contributed by atoms with Crippen LogP contribution in [-0.2, 0) is 9.59 Å². The van der Waals surface area contributed by atoms with Crippen molar-refractivity contribution in [2.45, 2.75) is 103 Å². The molecule has 1 fully saturated rings. The average Bonchev–Trinajstić information content (AvgIpc) is 3.22. The number of likely N-dealkylation sites (tertiary alicyclic amines) is 1. The normalized spacial score (nSPS) is 16.4. The SMILES string of the molecule is CCCCCCCCCCCCCCCCN1C(=O)C(=O)C(=C(O)c2ccc([N+](=O)[O-])cc2)[C@@H]1c1ccc(Cl)cc1. The zero-order valence-corrected chi connectivity index (χ0v) is 24.9. The highest BCUT2D eigenvalue weighted by molar-refractivity contribution is 6.46. The molecule has 0 unspecified atom stereocenters. The summed E-state index contributed by atoms with van der Waals surface area (Å²) in [6.07, 6.45) is 17.2. The van der Waals surface area contributed by atoms with E-state index in [1.54, 1.807) is 24.3 Å². The molecule has 0 aliphatic carbocycles. The van der Waals surface area contributed by atoms with Crippen LogP contribution in [0.25, 0.3) is 5.76 Å². The number of hydrogen-bond donors (Lipinski definition) is 1. The zero-order valence-electron chi connectivity index (χ0n) is 24.2. The molecule has 7 nitrogen and oxygen atoms in total. The molecule has 1 aliphatic rings. The van der Waals surface area contributed by atoms with Gasteiger partial charge in [-0.2, -0.15) is 0 Å². The Balaban J connectivity index is 1.56. The average molecular weight is 583 g/mol. The van der Waals surface area contributed by atoms with Crippen molar-refractivity contribution in [2.24, 2.45) is 0 Å². The van der Waals surface area contributed by atoms with Crippen LogP contribution >= 0.6 is 11.6 Å². The highest BCUT2D eigenvalue weighted by Crippen LogP contribution is 2.40. The van der Waals surface area contributed by atoms with Gasteiger partial charge in [0.15, 0.2) is 0 Å². The van der Waals surface area contributed by atoms with Gasteiger partial charge in [-0.3, -0.25) is 19.7 Å². The van der Waals surface area contributed by atoms with E-state index in [-0.39, 0.29) is 22.6 Å². The number of ketones is 1. The topological polar surface area (TPSA) is 101 Å². The largest absolute Gasteiger partial charge is 0.507 e. The molecule has 2 aromatic carbocycles. The Labute approximate surface area is 248 Å². The third kappa shape index (κ3) is 9.42. The summed E-state index contributed by atoms with van der Waals surface area (Å²) in [5.74, 6) is -1.75. The van der Waals surface area contributed by atoms with Gasteiger partial charge in [0.25, 0.3) is 17.4 Å². The Hall–Kier alpha value is -3.19. The Morgan fingerprint density at radius 1 is 0.805 bits per heavy atom. The predicted octanol–water partition coefficient (Wildman–Crippen LogP) is 9.15. The van der Waals surface area contributed by atoms with E-state index in [1.165, 1.54) is 93.4 Å². The van der Waals surface area contributed by atoms with Crippen LogP contribution in [0.2, 0.25) is 5.02 Å². The number of nitrogens with zero attached hydrogens (tertiary/aromatic N) is 2. The fourth-order valence-corrected chi connectivity index (χ4v) is 5.60. The molecule has 222 valence electrons. The maximum absolute atomic E-state index is 13.2.